The number of esters is 1. The molecule has 170 valence electrons. The zero-order chi connectivity index (χ0) is 23.2. The molecule has 0 amide bonds. The van der Waals surface area contributed by atoms with Gasteiger partial charge in [0.1, 0.15) is 6.04 Å². The number of carbonyl (C=O) groups is 1. The van der Waals surface area contributed by atoms with E-state index in [4.69, 9.17) is 14.4 Å². The number of hydrogen-bond donors (Lipinski definition) is 0. The molecule has 1 heterocycles. The Morgan fingerprint density at radius 1 is 1.06 bits per heavy atom. The van der Waals surface area contributed by atoms with Crippen LogP contribution in [-0.4, -0.2) is 51.5 Å². The number of carbonyl (C=O) groups excluding carboxylic acids is 1. The van der Waals surface area contributed by atoms with Crippen LogP contribution in [0, 0.1) is 11.3 Å². The fourth-order valence-corrected chi connectivity index (χ4v) is 9.58. The van der Waals surface area contributed by atoms with Crippen LogP contribution in [0.1, 0.15) is 40.0 Å². The van der Waals surface area contributed by atoms with Crippen molar-refractivity contribution in [3.05, 3.63) is 60.7 Å². The molecule has 0 spiro atoms. The number of hydrogen-bond acceptors (Lipinski definition) is 5. The first kappa shape index (κ1) is 24.2. The lowest BCUT2D eigenvalue weighted by Gasteiger charge is -2.47. The Kier molecular flexibility index (Phi) is 7.89. The highest BCUT2D eigenvalue weighted by Crippen LogP contribution is 2.38. The summed E-state index contributed by atoms with van der Waals surface area (Å²) in [6, 6.07) is 23.0. The minimum Gasteiger partial charge on any atom is -0.468 e. The van der Waals surface area contributed by atoms with E-state index in [1.807, 2.05) is 0 Å². The van der Waals surface area contributed by atoms with E-state index in [9.17, 15) is 4.79 Å². The van der Waals surface area contributed by atoms with E-state index in [-0.39, 0.29) is 23.5 Å². The van der Waals surface area contributed by atoms with Gasteiger partial charge < -0.3 is 9.16 Å². The lowest BCUT2D eigenvalue weighted by atomic mass is 10.0. The average molecular weight is 451 g/mol. The topological polar surface area (TPSA) is 62.6 Å². The van der Waals surface area contributed by atoms with Crippen LogP contribution in [0.25, 0.3) is 0 Å². The number of benzene rings is 2. The van der Waals surface area contributed by atoms with Crippen molar-refractivity contribution >= 4 is 24.7 Å². The smallest absolute Gasteiger partial charge is 0.324 e. The highest BCUT2D eigenvalue weighted by molar-refractivity contribution is 6.99. The molecule has 3 rings (SSSR count). The maximum absolute atomic E-state index is 12.2. The van der Waals surface area contributed by atoms with Crippen LogP contribution in [0.2, 0.25) is 5.04 Å². The van der Waals surface area contributed by atoms with Gasteiger partial charge in [-0.3, -0.25) is 9.69 Å². The molecule has 0 radical (unpaired) electrons. The van der Waals surface area contributed by atoms with E-state index in [1.54, 1.807) is 0 Å². The summed E-state index contributed by atoms with van der Waals surface area (Å²) in [5.41, 5.74) is 0. The third kappa shape index (κ3) is 4.96. The Morgan fingerprint density at radius 2 is 1.56 bits per heavy atom. The molecule has 1 unspecified atom stereocenters. The predicted octanol–water partition coefficient (Wildman–Crippen LogP) is 3.48. The number of methoxy groups -OCH3 is 1. The van der Waals surface area contributed by atoms with Gasteiger partial charge in [0, 0.05) is 19.2 Å². The summed E-state index contributed by atoms with van der Waals surface area (Å²) in [6.07, 6.45) is 1.89. The van der Waals surface area contributed by atoms with Crippen molar-refractivity contribution in [1.29, 1.82) is 5.26 Å². The van der Waals surface area contributed by atoms with E-state index >= 15 is 0 Å². The Morgan fingerprint density at radius 3 is 1.97 bits per heavy atom. The van der Waals surface area contributed by atoms with Gasteiger partial charge in [0.25, 0.3) is 8.32 Å². The van der Waals surface area contributed by atoms with Crippen molar-refractivity contribution in [1.82, 2.24) is 4.90 Å². The van der Waals surface area contributed by atoms with Crippen molar-refractivity contribution in [3.63, 3.8) is 0 Å². The van der Waals surface area contributed by atoms with Gasteiger partial charge in [-0.1, -0.05) is 81.4 Å². The molecule has 32 heavy (non-hydrogen) atoms. The van der Waals surface area contributed by atoms with E-state index in [1.165, 1.54) is 17.5 Å². The molecule has 0 aromatic heterocycles. The molecule has 1 saturated heterocycles. The Bertz CT molecular complexity index is 874. The molecule has 0 aliphatic carbocycles. The Labute approximate surface area is 193 Å². The molecule has 1 fully saturated rings. The monoisotopic (exact) mass is 450 g/mol. The van der Waals surface area contributed by atoms with E-state index in [0.29, 0.717) is 13.1 Å². The zero-order valence-corrected chi connectivity index (χ0v) is 20.6. The fraction of sp³-hybridized carbons (Fsp3) is 0.462. The van der Waals surface area contributed by atoms with Crippen molar-refractivity contribution in [2.45, 2.75) is 57.2 Å². The van der Waals surface area contributed by atoms with Crippen LogP contribution in [-0.2, 0) is 14.0 Å². The fourth-order valence-electron chi connectivity index (χ4n) is 4.83. The molecule has 6 heteroatoms. The van der Waals surface area contributed by atoms with Gasteiger partial charge in [0.05, 0.1) is 19.6 Å². The lowest BCUT2D eigenvalue weighted by Crippen LogP contribution is -2.68. The average Bonchev–Trinajstić information content (AvgIpc) is 2.81. The van der Waals surface area contributed by atoms with Gasteiger partial charge in [-0.2, -0.15) is 5.26 Å². The molecule has 0 saturated carbocycles. The summed E-state index contributed by atoms with van der Waals surface area (Å²) >= 11 is 0. The second-order valence-electron chi connectivity index (χ2n) is 9.42. The van der Waals surface area contributed by atoms with Crippen LogP contribution in [0.3, 0.4) is 0 Å². The molecule has 2 aromatic carbocycles. The largest absolute Gasteiger partial charge is 0.468 e. The number of likely N-dealkylation sites (tertiary alicyclic amines) is 1. The second kappa shape index (κ2) is 10.4. The van der Waals surface area contributed by atoms with Gasteiger partial charge in [-0.05, 0) is 28.3 Å². The molecule has 0 N–H and O–H groups in total. The van der Waals surface area contributed by atoms with Crippen molar-refractivity contribution in [3.8, 4) is 6.07 Å². The molecule has 1 aliphatic heterocycles. The van der Waals surface area contributed by atoms with E-state index in [2.05, 4.69) is 92.4 Å². The number of nitrogens with zero attached hydrogens (tertiary/aromatic N) is 2. The summed E-state index contributed by atoms with van der Waals surface area (Å²) in [4.78, 5) is 14.2. The minimum atomic E-state index is -2.59. The molecule has 1 aliphatic rings. The van der Waals surface area contributed by atoms with Gasteiger partial charge in [-0.15, -0.1) is 0 Å². The summed E-state index contributed by atoms with van der Waals surface area (Å²) < 4.78 is 12.2. The molecular weight excluding hydrogens is 416 g/mol. The summed E-state index contributed by atoms with van der Waals surface area (Å²) in [5.74, 6) is -0.335. The first-order valence-electron chi connectivity index (χ1n) is 11.3. The maximum Gasteiger partial charge on any atom is 0.324 e. The van der Waals surface area contributed by atoms with Crippen LogP contribution >= 0.6 is 0 Å². The normalized spacial score (nSPS) is 16.8. The van der Waals surface area contributed by atoms with Crippen LogP contribution in [0.15, 0.2) is 60.7 Å². The zero-order valence-electron chi connectivity index (χ0n) is 19.6. The van der Waals surface area contributed by atoms with Gasteiger partial charge >= 0.3 is 5.97 Å². The molecule has 2 aromatic rings. The quantitative estimate of drug-likeness (QED) is 0.477. The first-order valence-corrected chi connectivity index (χ1v) is 13.2. The Hall–Kier alpha value is -2.46. The summed E-state index contributed by atoms with van der Waals surface area (Å²) in [5, 5.41) is 11.6. The van der Waals surface area contributed by atoms with E-state index in [0.717, 1.165) is 12.8 Å². The van der Waals surface area contributed by atoms with Gasteiger partial charge in [-0.25, -0.2) is 0 Å². The number of piperidine rings is 1. The van der Waals surface area contributed by atoms with Crippen molar-refractivity contribution < 1.29 is 14.0 Å². The standard InChI is InChI=1S/C26H34N2O3Si/c1-26(2,3)32(22-11-7-5-8-12-22,23-13-9-6-10-14-23)31-21-16-19-28(20-17-21)24(15-18-27)25(29)30-4/h5-14,21,24H,15-17,19-20H2,1-4H3. The van der Waals surface area contributed by atoms with Crippen molar-refractivity contribution in [2.75, 3.05) is 20.2 Å². The molecule has 1 atom stereocenters. The molecule has 0 bridgehead atoms. The number of rotatable bonds is 7. The van der Waals surface area contributed by atoms with Crippen LogP contribution in [0.5, 0.6) is 0 Å². The number of nitriles is 1. The molecule has 5 nitrogen and oxygen atoms in total. The minimum absolute atomic E-state index is 0.0673. The highest BCUT2D eigenvalue weighted by atomic mass is 28.4. The predicted molar refractivity (Wildman–Crippen MR) is 129 cm³/mol. The number of ether oxygens (including phenoxy) is 1. The highest BCUT2D eigenvalue weighted by Gasteiger charge is 2.51. The van der Waals surface area contributed by atoms with Gasteiger partial charge in [0.15, 0.2) is 0 Å². The van der Waals surface area contributed by atoms with Gasteiger partial charge in [0.2, 0.25) is 0 Å². The second-order valence-corrected chi connectivity index (χ2v) is 13.7. The lowest BCUT2D eigenvalue weighted by molar-refractivity contribution is -0.147. The third-order valence-electron chi connectivity index (χ3n) is 6.44. The third-order valence-corrected chi connectivity index (χ3v) is 11.5. The summed E-state index contributed by atoms with van der Waals surface area (Å²) in [7, 11) is -1.21. The van der Waals surface area contributed by atoms with E-state index < -0.39 is 14.4 Å². The Balaban J connectivity index is 1.89. The maximum atomic E-state index is 12.2. The summed E-state index contributed by atoms with van der Waals surface area (Å²) in [6.45, 7) is 8.28. The van der Waals surface area contributed by atoms with Crippen LogP contribution < -0.4 is 10.4 Å². The first-order chi connectivity index (χ1) is 15.3. The SMILES string of the molecule is COC(=O)C(CC#N)N1CCC(O[Si](c2ccccc2)(c2ccccc2)C(C)(C)C)CC1. The van der Waals surface area contributed by atoms with Crippen molar-refractivity contribution in [2.24, 2.45) is 0 Å². The molecular formula is C26H34N2O3Si. The van der Waals surface area contributed by atoms with Crippen LogP contribution in [0.4, 0.5) is 0 Å².